The molecule has 0 spiro atoms. The van der Waals surface area contributed by atoms with Crippen LogP contribution in [0.15, 0.2) is 36.4 Å². The molecule has 1 aliphatic heterocycles. The van der Waals surface area contributed by atoms with Gasteiger partial charge in [0.2, 0.25) is 5.91 Å². The first-order valence-corrected chi connectivity index (χ1v) is 10.9. The van der Waals surface area contributed by atoms with Gasteiger partial charge in [-0.2, -0.15) is 0 Å². The molecule has 5 fully saturated rings. The normalized spacial score (nSPS) is 35.9. The maximum absolute atomic E-state index is 13.5. The highest BCUT2D eigenvalue weighted by Crippen LogP contribution is 2.60. The third-order valence-electron chi connectivity index (χ3n) is 7.62. The number of hydrogen-bond acceptors (Lipinski definition) is 2. The summed E-state index contributed by atoms with van der Waals surface area (Å²) in [6.45, 7) is 4.84. The van der Waals surface area contributed by atoms with Gasteiger partial charge in [-0.3, -0.25) is 9.69 Å². The van der Waals surface area contributed by atoms with E-state index in [9.17, 15) is 4.79 Å². The van der Waals surface area contributed by atoms with E-state index in [4.69, 9.17) is 0 Å². The van der Waals surface area contributed by atoms with E-state index in [-0.39, 0.29) is 5.41 Å². The Hall–Kier alpha value is -1.61. The van der Waals surface area contributed by atoms with Crippen molar-refractivity contribution < 1.29 is 4.79 Å². The van der Waals surface area contributed by atoms with E-state index in [0.717, 1.165) is 50.5 Å². The molecule has 1 amide bonds. The monoisotopic (exact) mass is 364 g/mol. The van der Waals surface area contributed by atoms with E-state index < -0.39 is 0 Å². The molecule has 1 aromatic rings. The lowest BCUT2D eigenvalue weighted by Gasteiger charge is -2.57. The number of carbonyl (C=O) groups is 1. The van der Waals surface area contributed by atoms with Crippen LogP contribution in [0.3, 0.4) is 0 Å². The summed E-state index contributed by atoms with van der Waals surface area (Å²) in [5.41, 5.74) is 1.29. The molecule has 3 nitrogen and oxygen atoms in total. The number of carbonyl (C=O) groups excluding carboxylic acids is 1. The Balaban J connectivity index is 1.15. The van der Waals surface area contributed by atoms with Crippen LogP contribution >= 0.6 is 0 Å². The zero-order valence-corrected chi connectivity index (χ0v) is 16.4. The van der Waals surface area contributed by atoms with Crippen LogP contribution in [0.4, 0.5) is 0 Å². The smallest absolute Gasteiger partial charge is 0.228 e. The minimum atomic E-state index is 0.0319. The van der Waals surface area contributed by atoms with Crippen molar-refractivity contribution in [1.82, 2.24) is 9.80 Å². The molecule has 0 radical (unpaired) electrons. The molecule has 5 aliphatic rings. The molecule has 27 heavy (non-hydrogen) atoms. The van der Waals surface area contributed by atoms with Gasteiger partial charge < -0.3 is 4.90 Å². The second-order valence-corrected chi connectivity index (χ2v) is 9.60. The Morgan fingerprint density at radius 2 is 1.52 bits per heavy atom. The number of rotatable bonds is 4. The molecule has 4 aliphatic carbocycles. The van der Waals surface area contributed by atoms with E-state index >= 15 is 0 Å². The van der Waals surface area contributed by atoms with Gasteiger partial charge >= 0.3 is 0 Å². The Morgan fingerprint density at radius 3 is 2.11 bits per heavy atom. The van der Waals surface area contributed by atoms with Crippen LogP contribution in [0.5, 0.6) is 0 Å². The molecule has 144 valence electrons. The first-order valence-electron chi connectivity index (χ1n) is 10.9. The van der Waals surface area contributed by atoms with Gasteiger partial charge in [-0.1, -0.05) is 42.5 Å². The highest BCUT2D eigenvalue weighted by Gasteiger charge is 2.55. The van der Waals surface area contributed by atoms with Crippen LogP contribution in [0, 0.1) is 23.2 Å². The van der Waals surface area contributed by atoms with Gasteiger partial charge in [-0.05, 0) is 61.8 Å². The van der Waals surface area contributed by atoms with Crippen LogP contribution in [0.1, 0.15) is 44.1 Å². The third-order valence-corrected chi connectivity index (χ3v) is 7.62. The number of nitrogens with zero attached hydrogens (tertiary/aromatic N) is 2. The topological polar surface area (TPSA) is 23.6 Å². The molecule has 0 aromatic heterocycles. The Morgan fingerprint density at radius 1 is 0.926 bits per heavy atom. The van der Waals surface area contributed by atoms with Crippen molar-refractivity contribution >= 4 is 12.0 Å². The fourth-order valence-electron chi connectivity index (χ4n) is 6.74. The van der Waals surface area contributed by atoms with Gasteiger partial charge in [0, 0.05) is 32.7 Å². The predicted octanol–water partition coefficient (Wildman–Crippen LogP) is 4.06. The summed E-state index contributed by atoms with van der Waals surface area (Å²) in [6, 6.07) is 10.5. The van der Waals surface area contributed by atoms with E-state index in [1.54, 1.807) is 0 Å². The first kappa shape index (κ1) is 17.5. The molecule has 0 unspecified atom stereocenters. The summed E-state index contributed by atoms with van der Waals surface area (Å²) in [7, 11) is 0. The zero-order valence-electron chi connectivity index (χ0n) is 16.4. The number of piperazine rings is 1. The van der Waals surface area contributed by atoms with Crippen molar-refractivity contribution in [3.05, 3.63) is 42.0 Å². The SMILES string of the molecule is O=C(N1CCN(C/C=C/c2ccccc2)CC1)C12CC3CC(CC(C3)C1)C2. The van der Waals surface area contributed by atoms with E-state index in [1.165, 1.54) is 44.1 Å². The Kier molecular flexibility index (Phi) is 4.59. The van der Waals surface area contributed by atoms with Crippen molar-refractivity contribution in [2.45, 2.75) is 38.5 Å². The van der Waals surface area contributed by atoms with Gasteiger partial charge in [0.1, 0.15) is 0 Å². The summed E-state index contributed by atoms with van der Waals surface area (Å²) in [5, 5.41) is 0. The maximum atomic E-state index is 13.5. The van der Waals surface area contributed by atoms with Crippen LogP contribution in [0.25, 0.3) is 6.08 Å². The van der Waals surface area contributed by atoms with Crippen molar-refractivity contribution in [3.63, 3.8) is 0 Å². The Labute approximate surface area is 163 Å². The zero-order chi connectivity index (χ0) is 18.3. The third kappa shape index (κ3) is 3.47. The molecular weight excluding hydrogens is 332 g/mol. The quantitative estimate of drug-likeness (QED) is 0.804. The number of hydrogen-bond donors (Lipinski definition) is 0. The Bertz CT molecular complexity index is 667. The molecule has 1 heterocycles. The lowest BCUT2D eigenvalue weighted by atomic mass is 9.49. The minimum absolute atomic E-state index is 0.0319. The van der Waals surface area contributed by atoms with Crippen LogP contribution < -0.4 is 0 Å². The van der Waals surface area contributed by atoms with Gasteiger partial charge in [-0.15, -0.1) is 0 Å². The standard InChI is InChI=1S/C24H32N2O/c27-23(24-16-20-13-21(17-24)15-22(14-20)18-24)26-11-9-25(10-12-26)8-4-7-19-5-2-1-3-6-19/h1-7,20-22H,8-18H2/b7-4+. The highest BCUT2D eigenvalue weighted by molar-refractivity contribution is 5.83. The summed E-state index contributed by atoms with van der Waals surface area (Å²) in [5.74, 6) is 3.07. The van der Waals surface area contributed by atoms with Gasteiger partial charge in [-0.25, -0.2) is 0 Å². The molecule has 1 aromatic carbocycles. The summed E-state index contributed by atoms with van der Waals surface area (Å²) in [6.07, 6.45) is 12.3. The van der Waals surface area contributed by atoms with Gasteiger partial charge in [0.15, 0.2) is 0 Å². The summed E-state index contributed by atoms with van der Waals surface area (Å²) in [4.78, 5) is 18.1. The van der Waals surface area contributed by atoms with E-state index in [0.29, 0.717) is 5.91 Å². The second kappa shape index (κ2) is 7.09. The van der Waals surface area contributed by atoms with Crippen molar-refractivity contribution in [2.24, 2.45) is 23.2 Å². The van der Waals surface area contributed by atoms with Crippen molar-refractivity contribution in [2.75, 3.05) is 32.7 Å². The average Bonchev–Trinajstić information content (AvgIpc) is 2.68. The molecule has 0 N–H and O–H groups in total. The summed E-state index contributed by atoms with van der Waals surface area (Å²) < 4.78 is 0. The molecule has 3 heteroatoms. The van der Waals surface area contributed by atoms with Crippen molar-refractivity contribution in [1.29, 1.82) is 0 Å². The number of benzene rings is 1. The molecular formula is C24H32N2O. The van der Waals surface area contributed by atoms with Crippen LogP contribution in [0.2, 0.25) is 0 Å². The van der Waals surface area contributed by atoms with Crippen molar-refractivity contribution in [3.8, 4) is 0 Å². The lowest BCUT2D eigenvalue weighted by Crippen LogP contribution is -2.58. The lowest BCUT2D eigenvalue weighted by molar-refractivity contribution is -0.159. The molecule has 4 saturated carbocycles. The molecule has 4 bridgehead atoms. The minimum Gasteiger partial charge on any atom is -0.340 e. The molecule has 6 rings (SSSR count). The van der Waals surface area contributed by atoms with E-state index in [2.05, 4.69) is 52.3 Å². The van der Waals surface area contributed by atoms with E-state index in [1.807, 2.05) is 0 Å². The summed E-state index contributed by atoms with van der Waals surface area (Å²) >= 11 is 0. The highest BCUT2D eigenvalue weighted by atomic mass is 16.2. The van der Waals surface area contributed by atoms with Crippen LogP contribution in [-0.2, 0) is 4.79 Å². The number of amides is 1. The maximum Gasteiger partial charge on any atom is 0.228 e. The fraction of sp³-hybridized carbons (Fsp3) is 0.625. The van der Waals surface area contributed by atoms with Gasteiger partial charge in [0.25, 0.3) is 0 Å². The molecule has 0 atom stereocenters. The fourth-order valence-corrected chi connectivity index (χ4v) is 6.74. The second-order valence-electron chi connectivity index (χ2n) is 9.60. The predicted molar refractivity (Wildman–Crippen MR) is 109 cm³/mol. The van der Waals surface area contributed by atoms with Crippen LogP contribution in [-0.4, -0.2) is 48.4 Å². The largest absolute Gasteiger partial charge is 0.340 e. The molecule has 1 saturated heterocycles. The first-order chi connectivity index (χ1) is 13.2. The van der Waals surface area contributed by atoms with Gasteiger partial charge in [0.05, 0.1) is 5.41 Å². The average molecular weight is 365 g/mol.